The molecule has 0 aliphatic rings. The molecule has 0 aliphatic carbocycles. The van der Waals surface area contributed by atoms with Gasteiger partial charge in [0.15, 0.2) is 5.16 Å². The van der Waals surface area contributed by atoms with E-state index in [2.05, 4.69) is 15.3 Å². The van der Waals surface area contributed by atoms with Crippen LogP contribution in [0.2, 0.25) is 0 Å². The van der Waals surface area contributed by atoms with Crippen molar-refractivity contribution in [2.75, 3.05) is 5.32 Å². The van der Waals surface area contributed by atoms with E-state index in [4.69, 9.17) is 0 Å². The van der Waals surface area contributed by atoms with Crippen LogP contribution in [0.15, 0.2) is 95.0 Å². The fourth-order valence-electron chi connectivity index (χ4n) is 2.62. The Kier molecular flexibility index (Phi) is 5.03. The quantitative estimate of drug-likeness (QED) is 0.464. The largest absolute Gasteiger partial charge is 0.333 e. The number of H-pyrrole nitrogens is 1. The lowest BCUT2D eigenvalue weighted by molar-refractivity contribution is -0.111. The molecule has 4 nitrogen and oxygen atoms in total. The minimum absolute atomic E-state index is 0.156. The smallest absolute Gasteiger partial charge is 0.248 e. The zero-order chi connectivity index (χ0) is 18.5. The number of carbonyl (C=O) groups is 1. The van der Waals surface area contributed by atoms with Crippen molar-refractivity contribution in [3.63, 3.8) is 0 Å². The van der Waals surface area contributed by atoms with Crippen LogP contribution in [0.25, 0.3) is 17.1 Å². The summed E-state index contributed by atoms with van der Waals surface area (Å²) in [5.41, 5.74) is 3.72. The number of aromatic nitrogens is 2. The molecule has 4 aromatic rings. The number of carbonyl (C=O) groups excluding carboxylic acids is 1. The second kappa shape index (κ2) is 7.93. The van der Waals surface area contributed by atoms with Crippen LogP contribution in [0.3, 0.4) is 0 Å². The number of hydrogen-bond donors (Lipinski definition) is 2. The van der Waals surface area contributed by atoms with Gasteiger partial charge in [-0.15, -0.1) is 0 Å². The summed E-state index contributed by atoms with van der Waals surface area (Å²) in [6.45, 7) is 0. The van der Waals surface area contributed by atoms with Crippen molar-refractivity contribution in [2.45, 2.75) is 10.1 Å². The highest BCUT2D eigenvalue weighted by Crippen LogP contribution is 2.28. The maximum absolute atomic E-state index is 12.0. The first-order chi connectivity index (χ1) is 13.3. The number of aromatic amines is 1. The second-order valence-electron chi connectivity index (χ2n) is 5.92. The standard InChI is InChI=1S/C22H17N3OS/c26-21(15-10-16-6-2-1-3-7-16)23-17-11-13-18(14-12-17)27-22-24-19-8-4-5-9-20(19)25-22/h1-15H,(H,23,26)(H,24,25)/b15-10+. The Hall–Kier alpha value is -3.31. The molecular formula is C22H17N3OS. The van der Waals surface area contributed by atoms with Crippen molar-refractivity contribution in [1.82, 2.24) is 9.97 Å². The maximum atomic E-state index is 12.0. The summed E-state index contributed by atoms with van der Waals surface area (Å²) in [5.74, 6) is -0.156. The van der Waals surface area contributed by atoms with Crippen LogP contribution in [0.4, 0.5) is 5.69 Å². The van der Waals surface area contributed by atoms with Crippen molar-refractivity contribution in [3.8, 4) is 0 Å². The zero-order valence-corrected chi connectivity index (χ0v) is 15.2. The fourth-order valence-corrected chi connectivity index (χ4v) is 3.42. The van der Waals surface area contributed by atoms with Gasteiger partial charge in [-0.05, 0) is 48.0 Å². The van der Waals surface area contributed by atoms with E-state index in [1.807, 2.05) is 78.9 Å². The Balaban J connectivity index is 1.38. The number of amides is 1. The van der Waals surface area contributed by atoms with E-state index in [0.29, 0.717) is 0 Å². The van der Waals surface area contributed by atoms with Crippen LogP contribution in [-0.2, 0) is 4.79 Å². The Morgan fingerprint density at radius 3 is 2.44 bits per heavy atom. The number of hydrogen-bond acceptors (Lipinski definition) is 3. The molecule has 132 valence electrons. The molecule has 4 rings (SSSR count). The summed E-state index contributed by atoms with van der Waals surface area (Å²) < 4.78 is 0. The van der Waals surface area contributed by atoms with E-state index in [9.17, 15) is 4.79 Å². The minimum Gasteiger partial charge on any atom is -0.333 e. The van der Waals surface area contributed by atoms with Crippen LogP contribution >= 0.6 is 11.8 Å². The molecule has 27 heavy (non-hydrogen) atoms. The number of nitrogens with one attached hydrogen (secondary N) is 2. The van der Waals surface area contributed by atoms with Gasteiger partial charge in [-0.25, -0.2) is 4.98 Å². The van der Waals surface area contributed by atoms with E-state index >= 15 is 0 Å². The molecule has 0 unspecified atom stereocenters. The van der Waals surface area contributed by atoms with Crippen LogP contribution in [-0.4, -0.2) is 15.9 Å². The molecule has 5 heteroatoms. The number of imidazole rings is 1. The van der Waals surface area contributed by atoms with Crippen molar-refractivity contribution in [2.24, 2.45) is 0 Å². The summed E-state index contributed by atoms with van der Waals surface area (Å²) in [6, 6.07) is 25.4. The topological polar surface area (TPSA) is 57.8 Å². The summed E-state index contributed by atoms with van der Waals surface area (Å²) in [4.78, 5) is 20.9. The van der Waals surface area contributed by atoms with Gasteiger partial charge in [0.1, 0.15) is 0 Å². The molecule has 2 N–H and O–H groups in total. The van der Waals surface area contributed by atoms with Gasteiger partial charge < -0.3 is 10.3 Å². The van der Waals surface area contributed by atoms with Crippen molar-refractivity contribution >= 4 is 40.5 Å². The summed E-state index contributed by atoms with van der Waals surface area (Å²) >= 11 is 1.56. The van der Waals surface area contributed by atoms with E-state index in [0.717, 1.165) is 32.3 Å². The highest BCUT2D eigenvalue weighted by atomic mass is 32.2. The Bertz CT molecular complexity index is 1050. The van der Waals surface area contributed by atoms with Gasteiger partial charge in [0.2, 0.25) is 5.91 Å². The average Bonchev–Trinajstić information content (AvgIpc) is 3.11. The lowest BCUT2D eigenvalue weighted by Gasteiger charge is -2.03. The molecule has 0 saturated carbocycles. The third-order valence-electron chi connectivity index (χ3n) is 3.93. The van der Waals surface area contributed by atoms with Gasteiger partial charge in [0.25, 0.3) is 0 Å². The first kappa shape index (κ1) is 17.1. The Labute approximate surface area is 161 Å². The minimum atomic E-state index is -0.156. The molecule has 0 radical (unpaired) electrons. The number of anilines is 1. The molecule has 0 fully saturated rings. The monoisotopic (exact) mass is 371 g/mol. The molecule has 1 aromatic heterocycles. The van der Waals surface area contributed by atoms with Crippen molar-refractivity contribution < 1.29 is 4.79 Å². The third kappa shape index (κ3) is 4.46. The highest BCUT2D eigenvalue weighted by molar-refractivity contribution is 7.99. The first-order valence-corrected chi connectivity index (χ1v) is 9.35. The maximum Gasteiger partial charge on any atom is 0.248 e. The molecule has 0 spiro atoms. The molecule has 3 aromatic carbocycles. The SMILES string of the molecule is O=C(/C=C/c1ccccc1)Nc1ccc(Sc2nc3ccccc3[nH]2)cc1. The lowest BCUT2D eigenvalue weighted by atomic mass is 10.2. The lowest BCUT2D eigenvalue weighted by Crippen LogP contribution is -2.07. The van der Waals surface area contributed by atoms with Crippen LogP contribution < -0.4 is 5.32 Å². The predicted molar refractivity (Wildman–Crippen MR) is 111 cm³/mol. The van der Waals surface area contributed by atoms with Crippen LogP contribution in [0, 0.1) is 0 Å². The van der Waals surface area contributed by atoms with Crippen LogP contribution in [0.5, 0.6) is 0 Å². The van der Waals surface area contributed by atoms with Gasteiger partial charge >= 0.3 is 0 Å². The van der Waals surface area contributed by atoms with Gasteiger partial charge in [-0.3, -0.25) is 4.79 Å². The van der Waals surface area contributed by atoms with Gasteiger partial charge in [0.05, 0.1) is 11.0 Å². The van der Waals surface area contributed by atoms with Gasteiger partial charge in [0, 0.05) is 16.7 Å². The van der Waals surface area contributed by atoms with Crippen molar-refractivity contribution in [3.05, 3.63) is 90.5 Å². The Morgan fingerprint density at radius 1 is 0.926 bits per heavy atom. The van der Waals surface area contributed by atoms with E-state index in [1.165, 1.54) is 6.08 Å². The molecule has 0 saturated heterocycles. The number of fused-ring (bicyclic) bond motifs is 1. The predicted octanol–water partition coefficient (Wildman–Crippen LogP) is 5.37. The Morgan fingerprint density at radius 2 is 1.67 bits per heavy atom. The van der Waals surface area contributed by atoms with Crippen molar-refractivity contribution in [1.29, 1.82) is 0 Å². The fraction of sp³-hybridized carbons (Fsp3) is 0. The zero-order valence-electron chi connectivity index (χ0n) is 14.4. The summed E-state index contributed by atoms with van der Waals surface area (Å²) in [5, 5.41) is 3.71. The second-order valence-corrected chi connectivity index (χ2v) is 6.98. The highest BCUT2D eigenvalue weighted by Gasteiger charge is 2.05. The third-order valence-corrected chi connectivity index (χ3v) is 4.83. The summed E-state index contributed by atoms with van der Waals surface area (Å²) in [6.07, 6.45) is 3.33. The number of nitrogens with zero attached hydrogens (tertiary/aromatic N) is 1. The number of rotatable bonds is 5. The molecule has 0 bridgehead atoms. The molecule has 1 amide bonds. The summed E-state index contributed by atoms with van der Waals surface area (Å²) in [7, 11) is 0. The first-order valence-electron chi connectivity index (χ1n) is 8.53. The average molecular weight is 371 g/mol. The number of benzene rings is 3. The van der Waals surface area contributed by atoms with E-state index < -0.39 is 0 Å². The van der Waals surface area contributed by atoms with E-state index in [1.54, 1.807) is 17.8 Å². The molecule has 1 heterocycles. The normalized spacial score (nSPS) is 11.1. The number of para-hydroxylation sites is 2. The molecule has 0 aliphatic heterocycles. The molecular weight excluding hydrogens is 354 g/mol. The van der Waals surface area contributed by atoms with Gasteiger partial charge in [-0.2, -0.15) is 0 Å². The van der Waals surface area contributed by atoms with E-state index in [-0.39, 0.29) is 5.91 Å². The molecule has 0 atom stereocenters. The van der Waals surface area contributed by atoms with Crippen LogP contribution in [0.1, 0.15) is 5.56 Å². The van der Waals surface area contributed by atoms with Gasteiger partial charge in [-0.1, -0.05) is 54.2 Å².